The summed E-state index contributed by atoms with van der Waals surface area (Å²) in [4.78, 5) is -0.242. The van der Waals surface area contributed by atoms with Gasteiger partial charge in [0.1, 0.15) is 4.90 Å². The third-order valence-corrected chi connectivity index (χ3v) is 2.42. The normalized spacial score (nSPS) is 11.3. The molecule has 0 atom stereocenters. The van der Waals surface area contributed by atoms with Crippen LogP contribution < -0.4 is 5.32 Å². The second-order valence-electron chi connectivity index (χ2n) is 2.55. The topological polar surface area (TPSA) is 86.6 Å². The van der Waals surface area contributed by atoms with Gasteiger partial charge < -0.3 is 10.4 Å². The van der Waals surface area contributed by atoms with Crippen LogP contribution in [0.5, 0.6) is 0 Å². The zero-order valence-corrected chi connectivity index (χ0v) is 8.08. The number of nitrogens with one attached hydrogen (secondary N) is 1. The van der Waals surface area contributed by atoms with E-state index in [9.17, 15) is 8.42 Å². The Bertz CT molecular complexity index is 402. The standard InChI is InChI=1S/C8H10NO4S/c10-6-5-9-7-3-1-2-4-8(7)14(11,12)13/h1,3-4,9-10H,5-6H2,(H,11,12,13). The molecular weight excluding hydrogens is 206 g/mol. The van der Waals surface area contributed by atoms with E-state index in [1.54, 1.807) is 0 Å². The van der Waals surface area contributed by atoms with Gasteiger partial charge in [0, 0.05) is 6.54 Å². The van der Waals surface area contributed by atoms with Crippen molar-refractivity contribution in [2.75, 3.05) is 18.5 Å². The first-order valence-electron chi connectivity index (χ1n) is 3.88. The highest BCUT2D eigenvalue weighted by atomic mass is 32.2. The minimum absolute atomic E-state index is 0.122. The first kappa shape index (κ1) is 11.0. The fourth-order valence-electron chi connectivity index (χ4n) is 0.965. The molecule has 0 bridgehead atoms. The molecule has 0 aliphatic rings. The number of hydrogen-bond acceptors (Lipinski definition) is 4. The Morgan fingerprint density at radius 2 is 2.21 bits per heavy atom. The minimum Gasteiger partial charge on any atom is -0.395 e. The van der Waals surface area contributed by atoms with E-state index in [4.69, 9.17) is 9.66 Å². The number of anilines is 1. The van der Waals surface area contributed by atoms with Gasteiger partial charge in [0.25, 0.3) is 10.1 Å². The fraction of sp³-hybridized carbons (Fsp3) is 0.250. The summed E-state index contributed by atoms with van der Waals surface area (Å²) in [6.07, 6.45) is 0. The van der Waals surface area contributed by atoms with Crippen LogP contribution >= 0.6 is 0 Å². The fourth-order valence-corrected chi connectivity index (χ4v) is 1.60. The number of benzene rings is 1. The van der Waals surface area contributed by atoms with Gasteiger partial charge in [0.05, 0.1) is 12.3 Å². The third kappa shape index (κ3) is 2.69. The molecule has 0 spiro atoms. The maximum Gasteiger partial charge on any atom is 0.296 e. The first-order valence-corrected chi connectivity index (χ1v) is 5.32. The predicted molar refractivity (Wildman–Crippen MR) is 50.7 cm³/mol. The number of rotatable bonds is 4. The van der Waals surface area contributed by atoms with Crippen LogP contribution in [0.2, 0.25) is 0 Å². The SMILES string of the molecule is O=S(=O)(O)c1c[c]ccc1NCCO. The highest BCUT2D eigenvalue weighted by Crippen LogP contribution is 2.19. The highest BCUT2D eigenvalue weighted by Gasteiger charge is 2.13. The lowest BCUT2D eigenvalue weighted by molar-refractivity contribution is 0.311. The molecule has 0 saturated carbocycles. The van der Waals surface area contributed by atoms with Crippen molar-refractivity contribution in [1.29, 1.82) is 0 Å². The summed E-state index contributed by atoms with van der Waals surface area (Å²) in [6.45, 7) is 0.0933. The molecule has 1 radical (unpaired) electrons. The van der Waals surface area contributed by atoms with E-state index in [-0.39, 0.29) is 23.7 Å². The van der Waals surface area contributed by atoms with Gasteiger partial charge in [-0.2, -0.15) is 8.42 Å². The molecule has 6 heteroatoms. The van der Waals surface area contributed by atoms with E-state index >= 15 is 0 Å². The zero-order valence-electron chi connectivity index (χ0n) is 7.27. The second-order valence-corrected chi connectivity index (χ2v) is 3.94. The average Bonchev–Trinajstić information content (AvgIpc) is 2.14. The average molecular weight is 216 g/mol. The number of aliphatic hydroxyl groups excluding tert-OH is 1. The Morgan fingerprint density at radius 1 is 1.50 bits per heavy atom. The van der Waals surface area contributed by atoms with Crippen LogP contribution in [0.1, 0.15) is 0 Å². The maximum absolute atomic E-state index is 10.8. The van der Waals surface area contributed by atoms with Crippen LogP contribution in [0.3, 0.4) is 0 Å². The van der Waals surface area contributed by atoms with Crippen LogP contribution in [-0.4, -0.2) is 31.2 Å². The molecule has 0 aliphatic heterocycles. The number of aliphatic hydroxyl groups is 1. The quantitative estimate of drug-likeness (QED) is 0.623. The van der Waals surface area contributed by atoms with Crippen LogP contribution in [0, 0.1) is 6.07 Å². The second kappa shape index (κ2) is 4.41. The van der Waals surface area contributed by atoms with Gasteiger partial charge in [-0.05, 0) is 18.2 Å². The van der Waals surface area contributed by atoms with E-state index in [0.29, 0.717) is 0 Å². The summed E-state index contributed by atoms with van der Waals surface area (Å²) in [7, 11) is -4.24. The zero-order chi connectivity index (χ0) is 10.6. The van der Waals surface area contributed by atoms with E-state index in [1.807, 2.05) is 0 Å². The summed E-state index contributed by atoms with van der Waals surface area (Å²) >= 11 is 0. The van der Waals surface area contributed by atoms with Crippen molar-refractivity contribution in [2.24, 2.45) is 0 Å². The molecule has 0 unspecified atom stereocenters. The van der Waals surface area contributed by atoms with Gasteiger partial charge in [-0.25, -0.2) is 0 Å². The minimum atomic E-state index is -4.24. The Hall–Kier alpha value is -1.11. The Balaban J connectivity index is 3.04. The van der Waals surface area contributed by atoms with Crippen LogP contribution in [0.15, 0.2) is 23.1 Å². The van der Waals surface area contributed by atoms with Gasteiger partial charge in [0.15, 0.2) is 0 Å². The number of hydrogen-bond donors (Lipinski definition) is 3. The van der Waals surface area contributed by atoms with Gasteiger partial charge in [-0.1, -0.05) is 6.07 Å². The van der Waals surface area contributed by atoms with Crippen molar-refractivity contribution in [3.05, 3.63) is 24.3 Å². The molecular formula is C8H10NO4S. The van der Waals surface area contributed by atoms with Gasteiger partial charge >= 0.3 is 0 Å². The molecule has 0 heterocycles. The molecule has 3 N–H and O–H groups in total. The van der Waals surface area contributed by atoms with Gasteiger partial charge in [0.2, 0.25) is 0 Å². The van der Waals surface area contributed by atoms with Gasteiger partial charge in [-0.3, -0.25) is 4.55 Å². The highest BCUT2D eigenvalue weighted by molar-refractivity contribution is 7.86. The summed E-state index contributed by atoms with van der Waals surface area (Å²) in [5.74, 6) is 0. The van der Waals surface area contributed by atoms with Crippen molar-refractivity contribution in [3.8, 4) is 0 Å². The van der Waals surface area contributed by atoms with Crippen LogP contribution in [0.25, 0.3) is 0 Å². The van der Waals surface area contributed by atoms with Crippen molar-refractivity contribution >= 4 is 15.8 Å². The van der Waals surface area contributed by atoms with Crippen molar-refractivity contribution in [2.45, 2.75) is 4.90 Å². The Kier molecular flexibility index (Phi) is 3.45. The van der Waals surface area contributed by atoms with Gasteiger partial charge in [-0.15, -0.1) is 0 Å². The summed E-state index contributed by atoms with van der Waals surface area (Å²) < 4.78 is 30.5. The molecule has 0 aromatic heterocycles. The predicted octanol–water partition coefficient (Wildman–Crippen LogP) is 0.138. The summed E-state index contributed by atoms with van der Waals surface area (Å²) in [5, 5.41) is 11.2. The maximum atomic E-state index is 10.8. The molecule has 14 heavy (non-hydrogen) atoms. The molecule has 1 aromatic carbocycles. The van der Waals surface area contributed by atoms with Crippen LogP contribution in [0.4, 0.5) is 5.69 Å². The van der Waals surface area contributed by atoms with Crippen molar-refractivity contribution < 1.29 is 18.1 Å². The molecule has 0 aliphatic carbocycles. The summed E-state index contributed by atoms with van der Waals surface area (Å²) in [6, 6.07) is 6.67. The molecule has 1 rings (SSSR count). The van der Waals surface area contributed by atoms with E-state index in [1.165, 1.54) is 12.1 Å². The molecule has 0 saturated heterocycles. The molecule has 5 nitrogen and oxygen atoms in total. The Labute approximate surface area is 82.1 Å². The van der Waals surface area contributed by atoms with Crippen molar-refractivity contribution in [3.63, 3.8) is 0 Å². The van der Waals surface area contributed by atoms with E-state index in [2.05, 4.69) is 11.4 Å². The molecule has 0 fully saturated rings. The summed E-state index contributed by atoms with van der Waals surface area (Å²) in [5.41, 5.74) is 0.250. The lowest BCUT2D eigenvalue weighted by Gasteiger charge is -2.07. The lowest BCUT2D eigenvalue weighted by atomic mass is 10.3. The third-order valence-electron chi connectivity index (χ3n) is 1.53. The smallest absolute Gasteiger partial charge is 0.296 e. The van der Waals surface area contributed by atoms with E-state index in [0.717, 1.165) is 6.07 Å². The van der Waals surface area contributed by atoms with Crippen molar-refractivity contribution in [1.82, 2.24) is 0 Å². The molecule has 77 valence electrons. The monoisotopic (exact) mass is 216 g/mol. The molecule has 0 amide bonds. The molecule has 1 aromatic rings. The first-order chi connectivity index (χ1) is 6.55. The van der Waals surface area contributed by atoms with E-state index < -0.39 is 10.1 Å². The largest absolute Gasteiger partial charge is 0.395 e. The van der Waals surface area contributed by atoms with Crippen LogP contribution in [-0.2, 0) is 10.1 Å². The lowest BCUT2D eigenvalue weighted by Crippen LogP contribution is -2.09. The Morgan fingerprint density at radius 3 is 2.79 bits per heavy atom.